The van der Waals surface area contributed by atoms with Crippen LogP contribution in [0.1, 0.15) is 37.5 Å². The van der Waals surface area contributed by atoms with Gasteiger partial charge in [-0.25, -0.2) is 13.1 Å². The average Bonchev–Trinajstić information content (AvgIpc) is 2.55. The van der Waals surface area contributed by atoms with E-state index in [9.17, 15) is 13.2 Å². The van der Waals surface area contributed by atoms with Gasteiger partial charge in [0.15, 0.2) is 0 Å². The molecule has 2 N–H and O–H groups in total. The van der Waals surface area contributed by atoms with Crippen LogP contribution in [0.25, 0.3) is 0 Å². The number of nitrogens with one attached hydrogen (secondary N) is 2. The maximum absolute atomic E-state index is 12.4. The summed E-state index contributed by atoms with van der Waals surface area (Å²) in [5.74, 6) is -0.408. The van der Waals surface area contributed by atoms with Crippen LogP contribution >= 0.6 is 0 Å². The van der Waals surface area contributed by atoms with Crippen LogP contribution in [0.15, 0.2) is 47.4 Å². The van der Waals surface area contributed by atoms with Gasteiger partial charge < -0.3 is 5.32 Å². The average molecular weight is 375 g/mol. The third-order valence-electron chi connectivity index (χ3n) is 4.22. The van der Waals surface area contributed by atoms with Gasteiger partial charge in [-0.15, -0.1) is 0 Å². The van der Waals surface area contributed by atoms with E-state index in [-0.39, 0.29) is 16.9 Å². The molecule has 2 aromatic carbocycles. The van der Waals surface area contributed by atoms with Crippen molar-refractivity contribution < 1.29 is 13.2 Å². The normalized spacial score (nSPS) is 12.0. The predicted molar refractivity (Wildman–Crippen MR) is 105 cm³/mol. The molecule has 0 fully saturated rings. The molecule has 0 saturated heterocycles. The van der Waals surface area contributed by atoms with E-state index in [4.69, 9.17) is 0 Å². The Bertz CT molecular complexity index is 913. The molecular weight excluding hydrogens is 348 g/mol. The Morgan fingerprint density at radius 3 is 2.27 bits per heavy atom. The molecule has 2 aromatic rings. The lowest BCUT2D eigenvalue weighted by Gasteiger charge is -2.23. The zero-order chi connectivity index (χ0) is 19.5. The summed E-state index contributed by atoms with van der Waals surface area (Å²) in [5, 5.41) is 2.80. The standard InChI is InChI=1S/C20H26N2O3S/c1-14-10-11-16(12-15(14)2)26(24,25)21-13-19(23)22-18-9-7-6-8-17(18)20(3,4)5/h6-12,21H,13H2,1-5H3,(H,22,23). The lowest BCUT2D eigenvalue weighted by Crippen LogP contribution is -2.33. The summed E-state index contributed by atoms with van der Waals surface area (Å²) in [5.41, 5.74) is 3.45. The maximum atomic E-state index is 12.4. The van der Waals surface area contributed by atoms with E-state index in [2.05, 4.69) is 30.8 Å². The second kappa shape index (κ2) is 7.60. The molecule has 0 aliphatic heterocycles. The fraction of sp³-hybridized carbons (Fsp3) is 0.350. The number of para-hydroxylation sites is 1. The smallest absolute Gasteiger partial charge is 0.241 e. The minimum absolute atomic E-state index is 0.136. The third kappa shape index (κ3) is 4.93. The van der Waals surface area contributed by atoms with Crippen molar-refractivity contribution in [3.8, 4) is 0 Å². The van der Waals surface area contributed by atoms with Crippen LogP contribution in [0.4, 0.5) is 5.69 Å². The Balaban J connectivity index is 2.08. The number of carbonyl (C=O) groups excluding carboxylic acids is 1. The van der Waals surface area contributed by atoms with Gasteiger partial charge in [0.25, 0.3) is 0 Å². The summed E-state index contributed by atoms with van der Waals surface area (Å²) in [6.45, 7) is 9.61. The minimum atomic E-state index is -3.74. The molecule has 0 atom stereocenters. The van der Waals surface area contributed by atoms with E-state index in [1.807, 2.05) is 38.1 Å². The SMILES string of the molecule is Cc1ccc(S(=O)(=O)NCC(=O)Nc2ccccc2C(C)(C)C)cc1C. The van der Waals surface area contributed by atoms with Crippen molar-refractivity contribution in [1.29, 1.82) is 0 Å². The molecule has 0 heterocycles. The zero-order valence-corrected chi connectivity index (χ0v) is 16.7. The highest BCUT2D eigenvalue weighted by molar-refractivity contribution is 7.89. The first-order valence-electron chi connectivity index (χ1n) is 8.47. The van der Waals surface area contributed by atoms with Gasteiger partial charge in [0, 0.05) is 5.69 Å². The fourth-order valence-corrected chi connectivity index (χ4v) is 3.63. The predicted octanol–water partition coefficient (Wildman–Crippen LogP) is 3.52. The van der Waals surface area contributed by atoms with Gasteiger partial charge in [0.05, 0.1) is 11.4 Å². The van der Waals surface area contributed by atoms with Crippen LogP contribution in [-0.4, -0.2) is 20.9 Å². The summed E-state index contributed by atoms with van der Waals surface area (Å²) in [7, 11) is -3.74. The van der Waals surface area contributed by atoms with E-state index < -0.39 is 15.9 Å². The number of amides is 1. The highest BCUT2D eigenvalue weighted by atomic mass is 32.2. The van der Waals surface area contributed by atoms with E-state index in [1.165, 1.54) is 6.07 Å². The van der Waals surface area contributed by atoms with Crippen molar-refractivity contribution in [1.82, 2.24) is 4.72 Å². The van der Waals surface area contributed by atoms with Crippen molar-refractivity contribution >= 4 is 21.6 Å². The van der Waals surface area contributed by atoms with Gasteiger partial charge in [-0.2, -0.15) is 0 Å². The Morgan fingerprint density at radius 2 is 1.65 bits per heavy atom. The van der Waals surface area contributed by atoms with E-state index in [1.54, 1.807) is 12.1 Å². The highest BCUT2D eigenvalue weighted by Crippen LogP contribution is 2.29. The molecular formula is C20H26N2O3S. The molecule has 0 bridgehead atoms. The number of rotatable bonds is 5. The molecule has 0 unspecified atom stereocenters. The number of benzene rings is 2. The quantitative estimate of drug-likeness (QED) is 0.841. The molecule has 1 amide bonds. The summed E-state index contributed by atoms with van der Waals surface area (Å²) in [4.78, 5) is 12.4. The Labute approximate surface area is 155 Å². The topological polar surface area (TPSA) is 75.3 Å². The Kier molecular flexibility index (Phi) is 5.88. The second-order valence-corrected chi connectivity index (χ2v) is 9.18. The molecule has 0 radical (unpaired) electrons. The molecule has 0 saturated carbocycles. The van der Waals surface area contributed by atoms with Gasteiger partial charge in [-0.1, -0.05) is 45.0 Å². The van der Waals surface area contributed by atoms with Crippen molar-refractivity contribution in [3.05, 3.63) is 59.2 Å². The van der Waals surface area contributed by atoms with Crippen LogP contribution in [-0.2, 0) is 20.2 Å². The summed E-state index contributed by atoms with van der Waals surface area (Å²) >= 11 is 0. The lowest BCUT2D eigenvalue weighted by molar-refractivity contribution is -0.115. The van der Waals surface area contributed by atoms with Crippen molar-refractivity contribution in [3.63, 3.8) is 0 Å². The van der Waals surface area contributed by atoms with Gasteiger partial charge in [0.2, 0.25) is 15.9 Å². The molecule has 0 aliphatic carbocycles. The van der Waals surface area contributed by atoms with E-state index >= 15 is 0 Å². The summed E-state index contributed by atoms with van der Waals surface area (Å²) < 4.78 is 27.1. The van der Waals surface area contributed by atoms with Gasteiger partial charge >= 0.3 is 0 Å². The van der Waals surface area contributed by atoms with Gasteiger partial charge in [0.1, 0.15) is 0 Å². The molecule has 0 aliphatic rings. The monoisotopic (exact) mass is 374 g/mol. The summed E-state index contributed by atoms with van der Waals surface area (Å²) in [6.07, 6.45) is 0. The number of hydrogen-bond acceptors (Lipinski definition) is 3. The zero-order valence-electron chi connectivity index (χ0n) is 15.9. The van der Waals surface area contributed by atoms with Crippen LogP contribution in [0.2, 0.25) is 0 Å². The Morgan fingerprint density at radius 1 is 1.00 bits per heavy atom. The van der Waals surface area contributed by atoms with E-state index in [0.29, 0.717) is 5.69 Å². The van der Waals surface area contributed by atoms with Crippen LogP contribution in [0.3, 0.4) is 0 Å². The fourth-order valence-electron chi connectivity index (χ4n) is 2.57. The van der Waals surface area contributed by atoms with Crippen LogP contribution < -0.4 is 10.0 Å². The summed E-state index contributed by atoms with van der Waals surface area (Å²) in [6, 6.07) is 12.4. The number of carbonyl (C=O) groups is 1. The molecule has 2 rings (SSSR count). The number of hydrogen-bond donors (Lipinski definition) is 2. The van der Waals surface area contributed by atoms with E-state index in [0.717, 1.165) is 16.7 Å². The number of aryl methyl sites for hydroxylation is 2. The molecule has 0 spiro atoms. The highest BCUT2D eigenvalue weighted by Gasteiger charge is 2.20. The molecule has 0 aromatic heterocycles. The molecule has 26 heavy (non-hydrogen) atoms. The first-order valence-corrected chi connectivity index (χ1v) is 9.95. The third-order valence-corrected chi connectivity index (χ3v) is 5.62. The van der Waals surface area contributed by atoms with Crippen LogP contribution in [0, 0.1) is 13.8 Å². The maximum Gasteiger partial charge on any atom is 0.241 e. The largest absolute Gasteiger partial charge is 0.325 e. The van der Waals surface area contributed by atoms with Crippen LogP contribution in [0.5, 0.6) is 0 Å². The second-order valence-electron chi connectivity index (χ2n) is 7.41. The van der Waals surface area contributed by atoms with Crippen molar-refractivity contribution in [2.45, 2.75) is 44.9 Å². The van der Waals surface area contributed by atoms with Crippen molar-refractivity contribution in [2.24, 2.45) is 0 Å². The van der Waals surface area contributed by atoms with Gasteiger partial charge in [-0.3, -0.25) is 4.79 Å². The molecule has 140 valence electrons. The molecule has 5 nitrogen and oxygen atoms in total. The lowest BCUT2D eigenvalue weighted by atomic mass is 9.86. The van der Waals surface area contributed by atoms with Gasteiger partial charge in [-0.05, 0) is 54.2 Å². The Hall–Kier alpha value is -2.18. The minimum Gasteiger partial charge on any atom is -0.325 e. The molecule has 6 heteroatoms. The first kappa shape index (κ1) is 20.1. The first-order chi connectivity index (χ1) is 12.0. The number of sulfonamides is 1. The number of anilines is 1. The van der Waals surface area contributed by atoms with Crippen molar-refractivity contribution in [2.75, 3.05) is 11.9 Å².